The molecule has 0 radical (unpaired) electrons. The summed E-state index contributed by atoms with van der Waals surface area (Å²) in [7, 11) is 0. The van der Waals surface area contributed by atoms with E-state index in [2.05, 4.69) is 204 Å². The van der Waals surface area contributed by atoms with Crippen molar-refractivity contribution in [2.45, 2.75) is 0 Å². The first kappa shape index (κ1) is 33.2. The average Bonchev–Trinajstić information content (AvgIpc) is 4.05. The SMILES string of the molecule is c1ccc(-n2c3ccccc3c3cc(-c4cc(N(c5ccc6sc7ccccc7c6c5)c5ccc6sc7ccccc7c6c5)c5sc6ccccc6c5c4)ccc32)cc1. The summed E-state index contributed by atoms with van der Waals surface area (Å²) in [5, 5.41) is 10.3. The van der Waals surface area contributed by atoms with Crippen LogP contribution in [0.4, 0.5) is 17.1 Å². The van der Waals surface area contributed by atoms with Crippen molar-refractivity contribution in [2.75, 3.05) is 4.90 Å². The minimum atomic E-state index is 1.15. The fourth-order valence-corrected chi connectivity index (χ4v) is 12.6. The lowest BCUT2D eigenvalue weighted by Gasteiger charge is -2.27. The number of benzene rings is 9. The number of rotatable bonds is 5. The Kier molecular flexibility index (Phi) is 7.25. The van der Waals surface area contributed by atoms with E-state index >= 15 is 0 Å². The molecule has 0 unspecified atom stereocenters. The lowest BCUT2D eigenvalue weighted by atomic mass is 9.98. The van der Waals surface area contributed by atoms with Crippen molar-refractivity contribution in [1.29, 1.82) is 0 Å². The molecule has 2 nitrogen and oxygen atoms in total. The van der Waals surface area contributed by atoms with Crippen LogP contribution in [0.25, 0.3) is 99.1 Å². The first-order valence-electron chi connectivity index (χ1n) is 19.9. The summed E-state index contributed by atoms with van der Waals surface area (Å²) in [5.74, 6) is 0. The summed E-state index contributed by atoms with van der Waals surface area (Å²) in [6.07, 6.45) is 0. The van der Waals surface area contributed by atoms with Gasteiger partial charge < -0.3 is 9.47 Å². The standard InChI is InChI=1S/C54H32N2S3/c1-2-12-35(13-3-1)56-46-18-8-4-14-38(46)42-28-33(22-25-47(42)56)34-29-45-41-17-7-11-21-51(41)59-54(45)48(30-34)55(36-23-26-52-43(31-36)39-15-5-9-19-49(39)57-52)37-24-27-53-44(32-37)40-16-6-10-20-50(40)58-53/h1-32H. The highest BCUT2D eigenvalue weighted by Crippen LogP contribution is 2.49. The number of para-hydroxylation sites is 2. The van der Waals surface area contributed by atoms with Crippen LogP contribution >= 0.6 is 34.0 Å². The Morgan fingerprint density at radius 3 is 1.49 bits per heavy atom. The maximum atomic E-state index is 2.53. The molecule has 0 aliphatic carbocycles. The van der Waals surface area contributed by atoms with Crippen LogP contribution in [0.15, 0.2) is 194 Å². The minimum Gasteiger partial charge on any atom is -0.309 e. The van der Waals surface area contributed by atoms with E-state index in [4.69, 9.17) is 0 Å². The molecule has 0 bridgehead atoms. The predicted octanol–water partition coefficient (Wildman–Crippen LogP) is 17.0. The van der Waals surface area contributed by atoms with Crippen molar-refractivity contribution in [1.82, 2.24) is 4.57 Å². The van der Waals surface area contributed by atoms with E-state index in [0.29, 0.717) is 0 Å². The Balaban J connectivity index is 1.10. The molecule has 0 atom stereocenters. The van der Waals surface area contributed by atoms with Gasteiger partial charge in [0.1, 0.15) is 0 Å². The van der Waals surface area contributed by atoms with Crippen LogP contribution < -0.4 is 4.90 Å². The molecular formula is C54H32N2S3. The van der Waals surface area contributed by atoms with E-state index in [-0.39, 0.29) is 0 Å². The molecule has 0 spiro atoms. The average molecular weight is 805 g/mol. The molecule has 0 aliphatic heterocycles. The Morgan fingerprint density at radius 1 is 0.322 bits per heavy atom. The van der Waals surface area contributed by atoms with Gasteiger partial charge >= 0.3 is 0 Å². The van der Waals surface area contributed by atoms with E-state index in [1.54, 1.807) is 0 Å². The van der Waals surface area contributed by atoms with Gasteiger partial charge in [0, 0.05) is 83.7 Å². The molecule has 5 heteroatoms. The van der Waals surface area contributed by atoms with E-state index in [1.807, 2.05) is 34.0 Å². The van der Waals surface area contributed by atoms with E-state index in [9.17, 15) is 0 Å². The third kappa shape index (κ3) is 5.09. The van der Waals surface area contributed by atoms with Gasteiger partial charge in [-0.15, -0.1) is 34.0 Å². The first-order valence-corrected chi connectivity index (χ1v) is 22.4. The zero-order valence-electron chi connectivity index (χ0n) is 31.6. The van der Waals surface area contributed by atoms with Crippen LogP contribution in [0.5, 0.6) is 0 Å². The number of anilines is 3. The molecule has 0 saturated carbocycles. The lowest BCUT2D eigenvalue weighted by Crippen LogP contribution is -2.10. The molecule has 0 saturated heterocycles. The van der Waals surface area contributed by atoms with Gasteiger partial charge in [-0.2, -0.15) is 0 Å². The molecule has 4 heterocycles. The third-order valence-corrected chi connectivity index (χ3v) is 15.5. The second-order valence-electron chi connectivity index (χ2n) is 15.3. The maximum Gasteiger partial charge on any atom is 0.0646 e. The number of fused-ring (bicyclic) bond motifs is 12. The van der Waals surface area contributed by atoms with Crippen molar-refractivity contribution < 1.29 is 0 Å². The van der Waals surface area contributed by atoms with Crippen LogP contribution in [0, 0.1) is 0 Å². The predicted molar refractivity (Wildman–Crippen MR) is 260 cm³/mol. The highest BCUT2D eigenvalue weighted by atomic mass is 32.1. The molecule has 13 aromatic rings. The number of nitrogens with zero attached hydrogens (tertiary/aromatic N) is 2. The largest absolute Gasteiger partial charge is 0.309 e. The summed E-state index contributed by atoms with van der Waals surface area (Å²) in [6.45, 7) is 0. The zero-order chi connectivity index (χ0) is 38.6. The second-order valence-corrected chi connectivity index (χ2v) is 18.5. The summed E-state index contributed by atoms with van der Waals surface area (Å²) in [5.41, 5.74) is 9.47. The van der Waals surface area contributed by atoms with Crippen LogP contribution in [-0.2, 0) is 0 Å². The van der Waals surface area contributed by atoms with Crippen LogP contribution in [0.2, 0.25) is 0 Å². The van der Waals surface area contributed by atoms with E-state index in [0.717, 1.165) is 11.4 Å². The van der Waals surface area contributed by atoms with Gasteiger partial charge in [-0.3, -0.25) is 0 Å². The topological polar surface area (TPSA) is 8.17 Å². The van der Waals surface area contributed by atoms with Crippen molar-refractivity contribution in [2.24, 2.45) is 0 Å². The van der Waals surface area contributed by atoms with Crippen molar-refractivity contribution in [3.8, 4) is 16.8 Å². The summed E-state index contributed by atoms with van der Waals surface area (Å²) >= 11 is 5.63. The molecule has 0 amide bonds. The number of hydrogen-bond acceptors (Lipinski definition) is 4. The molecular weight excluding hydrogens is 773 g/mol. The monoisotopic (exact) mass is 804 g/mol. The molecule has 0 N–H and O–H groups in total. The van der Waals surface area contributed by atoms with Crippen molar-refractivity contribution >= 4 is 133 Å². The lowest BCUT2D eigenvalue weighted by molar-refractivity contribution is 1.18. The summed E-state index contributed by atoms with van der Waals surface area (Å²) in [4.78, 5) is 2.53. The highest BCUT2D eigenvalue weighted by molar-refractivity contribution is 7.27. The Bertz CT molecular complexity index is 3690. The fraction of sp³-hybridized carbons (Fsp3) is 0. The molecule has 59 heavy (non-hydrogen) atoms. The Hall–Kier alpha value is -6.76. The number of thiophene rings is 3. The van der Waals surface area contributed by atoms with Gasteiger partial charge in [-0.25, -0.2) is 0 Å². The number of aromatic nitrogens is 1. The van der Waals surface area contributed by atoms with E-state index < -0.39 is 0 Å². The molecule has 0 fully saturated rings. The number of hydrogen-bond donors (Lipinski definition) is 0. The van der Waals surface area contributed by atoms with Gasteiger partial charge in [-0.1, -0.05) is 97.1 Å². The van der Waals surface area contributed by atoms with Crippen LogP contribution in [0.3, 0.4) is 0 Å². The molecule has 0 aliphatic rings. The zero-order valence-corrected chi connectivity index (χ0v) is 34.0. The van der Waals surface area contributed by atoms with Crippen molar-refractivity contribution in [3.05, 3.63) is 194 Å². The third-order valence-electron chi connectivity index (χ3n) is 12.0. The molecule has 9 aromatic carbocycles. The quantitative estimate of drug-likeness (QED) is 0.168. The van der Waals surface area contributed by atoms with Gasteiger partial charge in [0.15, 0.2) is 0 Å². The minimum absolute atomic E-state index is 1.15. The highest BCUT2D eigenvalue weighted by Gasteiger charge is 2.23. The van der Waals surface area contributed by atoms with E-state index in [1.165, 1.54) is 105 Å². The second kappa shape index (κ2) is 12.9. The van der Waals surface area contributed by atoms with Gasteiger partial charge in [0.05, 0.1) is 21.4 Å². The Labute approximate surface area is 351 Å². The molecule has 13 rings (SSSR count). The molecule has 276 valence electrons. The summed E-state index contributed by atoms with van der Waals surface area (Å²) < 4.78 is 10.2. The van der Waals surface area contributed by atoms with Crippen molar-refractivity contribution in [3.63, 3.8) is 0 Å². The molecule has 4 aromatic heterocycles. The van der Waals surface area contributed by atoms with Gasteiger partial charge in [0.2, 0.25) is 0 Å². The Morgan fingerprint density at radius 2 is 0.831 bits per heavy atom. The summed E-state index contributed by atoms with van der Waals surface area (Å²) in [6, 6.07) is 72.1. The van der Waals surface area contributed by atoms with Gasteiger partial charge in [0.25, 0.3) is 0 Å². The fourth-order valence-electron chi connectivity index (χ4n) is 9.28. The smallest absolute Gasteiger partial charge is 0.0646 e. The van der Waals surface area contributed by atoms with Crippen LogP contribution in [-0.4, -0.2) is 4.57 Å². The van der Waals surface area contributed by atoms with Crippen LogP contribution in [0.1, 0.15) is 0 Å². The van der Waals surface area contributed by atoms with Gasteiger partial charge in [-0.05, 0) is 108 Å². The normalized spacial score (nSPS) is 12.1. The first-order chi connectivity index (χ1) is 29.2. The maximum absolute atomic E-state index is 2.53.